The molecule has 0 spiro atoms. The van der Waals surface area contributed by atoms with E-state index in [1.807, 2.05) is 20.8 Å². The molecule has 0 fully saturated rings. The van der Waals surface area contributed by atoms with E-state index in [1.54, 1.807) is 11.6 Å². The number of aryl methyl sites for hydroxylation is 2. The molecule has 4 aliphatic rings. The molecule has 0 saturated heterocycles. The van der Waals surface area contributed by atoms with Crippen LogP contribution in [0.4, 0.5) is 0 Å². The third-order valence-corrected chi connectivity index (χ3v) is 10.2. The molecule has 0 heterocycles. The Balaban J connectivity index is 0.000000457. The summed E-state index contributed by atoms with van der Waals surface area (Å²) in [6.45, 7) is 24.2. The minimum Gasteiger partial charge on any atom is -0.103 e. The van der Waals surface area contributed by atoms with Crippen molar-refractivity contribution >= 4 is 33.2 Å². The number of allylic oxidation sites excluding steroid dienone is 10. The Bertz CT molecular complexity index is 2240. The van der Waals surface area contributed by atoms with Crippen LogP contribution in [-0.4, -0.2) is 0 Å². The first kappa shape index (κ1) is 44.8. The standard InChI is InChI=1S/C43H34.3C3H8.C3H6.C2H6/c1-27-22-30(28-18-20-40-36-14-4-2-10-32(36)34-12-6-8-16-38(34)42(40)25-28)24-31(23-27)29-19-21-41-37-15-5-3-11-33(37)35-13-7-9-17-39(35)43(41)26-29;4*1-3-2;1-2/h2,5-10,12-13,15-26,34,38H,3-4,11,14H2,1H3;3*3H2,1-2H3;3H,1H2,2H3;1-2H3. The molecule has 0 aliphatic heterocycles. The lowest BCUT2D eigenvalue weighted by Crippen LogP contribution is -2.21. The van der Waals surface area contributed by atoms with Crippen LogP contribution in [0.25, 0.3) is 55.4 Å². The summed E-state index contributed by atoms with van der Waals surface area (Å²) in [6, 6.07) is 30.5. The lowest BCUT2D eigenvalue weighted by molar-refractivity contribution is 0.656. The van der Waals surface area contributed by atoms with E-state index >= 15 is 0 Å². The van der Waals surface area contributed by atoms with E-state index in [0.29, 0.717) is 11.8 Å². The van der Waals surface area contributed by atoms with Crippen molar-refractivity contribution in [2.45, 2.75) is 120 Å². The van der Waals surface area contributed by atoms with Crippen molar-refractivity contribution < 1.29 is 0 Å². The van der Waals surface area contributed by atoms with Gasteiger partial charge in [0.2, 0.25) is 0 Å². The number of hydrogen-bond donors (Lipinski definition) is 0. The molecular weight excluding hydrogens is 685 g/mol. The molecule has 2 unspecified atom stereocenters. The van der Waals surface area contributed by atoms with Crippen LogP contribution in [0.15, 0.2) is 140 Å². The average Bonchev–Trinajstić information content (AvgIpc) is 3.25. The second-order valence-corrected chi connectivity index (χ2v) is 15.3. The lowest BCUT2D eigenvalue weighted by Gasteiger charge is -2.36. The van der Waals surface area contributed by atoms with Gasteiger partial charge in [0.05, 0.1) is 0 Å². The smallest absolute Gasteiger partial charge is 0.0131 e. The van der Waals surface area contributed by atoms with Gasteiger partial charge in [0, 0.05) is 11.8 Å². The van der Waals surface area contributed by atoms with Gasteiger partial charge in [0.1, 0.15) is 0 Å². The van der Waals surface area contributed by atoms with Gasteiger partial charge in [-0.1, -0.05) is 190 Å². The highest BCUT2D eigenvalue weighted by molar-refractivity contribution is 6.14. The molecule has 0 saturated carbocycles. The van der Waals surface area contributed by atoms with E-state index in [9.17, 15) is 0 Å². The van der Waals surface area contributed by atoms with E-state index in [2.05, 4.69) is 183 Å². The highest BCUT2D eigenvalue weighted by Crippen LogP contribution is 2.49. The van der Waals surface area contributed by atoms with E-state index in [0.717, 1.165) is 25.7 Å². The number of hydrogen-bond acceptors (Lipinski definition) is 0. The molecule has 0 heteroatoms. The number of benzene rings is 5. The van der Waals surface area contributed by atoms with Crippen molar-refractivity contribution in [1.29, 1.82) is 0 Å². The SMILES string of the molecule is C=CC.CC.CCC.CCC.CCC.Cc1cc(-c2ccc3c(c2)C2C=CC=CC2C2=C3CCC=C2)cc(-c2ccc3c4c(c5ccccc5c3c2)CCC=C4)c1. The van der Waals surface area contributed by atoms with Gasteiger partial charge in [-0.3, -0.25) is 0 Å². The van der Waals surface area contributed by atoms with Crippen molar-refractivity contribution in [3.05, 3.63) is 167 Å². The molecule has 0 radical (unpaired) electrons. The Kier molecular flexibility index (Phi) is 17.8. The third kappa shape index (κ3) is 10.3. The predicted octanol–water partition coefficient (Wildman–Crippen LogP) is 18.0. The van der Waals surface area contributed by atoms with Crippen LogP contribution in [0.2, 0.25) is 0 Å². The maximum absolute atomic E-state index is 3.36. The Labute approximate surface area is 347 Å². The molecule has 9 rings (SSSR count). The average molecular weight is 755 g/mol. The summed E-state index contributed by atoms with van der Waals surface area (Å²) in [4.78, 5) is 0. The molecule has 57 heavy (non-hydrogen) atoms. The first-order valence-corrected chi connectivity index (χ1v) is 22.1. The van der Waals surface area contributed by atoms with Crippen LogP contribution < -0.4 is 0 Å². The fraction of sp³-hybridized carbons (Fsp3) is 0.333. The van der Waals surface area contributed by atoms with Gasteiger partial charge in [0.15, 0.2) is 0 Å². The Hall–Kier alpha value is -4.94. The van der Waals surface area contributed by atoms with Gasteiger partial charge in [-0.15, -0.1) is 6.58 Å². The van der Waals surface area contributed by atoms with Crippen molar-refractivity contribution in [3.63, 3.8) is 0 Å². The highest BCUT2D eigenvalue weighted by atomic mass is 14.4. The molecule has 0 N–H and O–H groups in total. The first-order chi connectivity index (χ1) is 27.9. The molecule has 5 aromatic rings. The van der Waals surface area contributed by atoms with Crippen LogP contribution in [-0.2, 0) is 6.42 Å². The maximum atomic E-state index is 3.36. The van der Waals surface area contributed by atoms with Gasteiger partial charge in [-0.2, -0.15) is 0 Å². The lowest BCUT2D eigenvalue weighted by atomic mass is 9.67. The summed E-state index contributed by atoms with van der Waals surface area (Å²) in [5.74, 6) is 0.847. The summed E-state index contributed by atoms with van der Waals surface area (Å²) in [6.07, 6.45) is 28.7. The van der Waals surface area contributed by atoms with E-state index in [1.165, 1.54) is 96.5 Å². The molecule has 5 aromatic carbocycles. The van der Waals surface area contributed by atoms with E-state index in [-0.39, 0.29) is 0 Å². The normalized spacial score (nSPS) is 16.2. The van der Waals surface area contributed by atoms with Crippen molar-refractivity contribution in [2.24, 2.45) is 5.92 Å². The van der Waals surface area contributed by atoms with Crippen LogP contribution >= 0.6 is 0 Å². The molecule has 2 atom stereocenters. The van der Waals surface area contributed by atoms with Crippen molar-refractivity contribution in [2.75, 3.05) is 0 Å². The van der Waals surface area contributed by atoms with Gasteiger partial charge in [-0.05, 0) is 140 Å². The zero-order valence-corrected chi connectivity index (χ0v) is 37.0. The molecule has 0 aromatic heterocycles. The molecule has 0 amide bonds. The quantitative estimate of drug-likeness (QED) is 0.124. The second kappa shape index (κ2) is 22.7. The maximum Gasteiger partial charge on any atom is 0.0131 e. The van der Waals surface area contributed by atoms with Crippen LogP contribution in [0.3, 0.4) is 0 Å². The van der Waals surface area contributed by atoms with Crippen LogP contribution in [0, 0.1) is 12.8 Å². The van der Waals surface area contributed by atoms with Crippen molar-refractivity contribution in [1.82, 2.24) is 0 Å². The Morgan fingerprint density at radius 1 is 0.596 bits per heavy atom. The summed E-state index contributed by atoms with van der Waals surface area (Å²) >= 11 is 0. The topological polar surface area (TPSA) is 0 Å². The molecular formula is C57H70. The zero-order valence-electron chi connectivity index (χ0n) is 37.0. The monoisotopic (exact) mass is 755 g/mol. The Morgan fingerprint density at radius 2 is 1.16 bits per heavy atom. The van der Waals surface area contributed by atoms with E-state index in [4.69, 9.17) is 0 Å². The molecule has 0 nitrogen and oxygen atoms in total. The van der Waals surface area contributed by atoms with Crippen LogP contribution in [0.5, 0.6) is 0 Å². The van der Waals surface area contributed by atoms with Gasteiger partial charge in [-0.25, -0.2) is 0 Å². The minimum absolute atomic E-state index is 0.402. The molecule has 0 bridgehead atoms. The summed E-state index contributed by atoms with van der Waals surface area (Å²) in [5.41, 5.74) is 15.4. The highest BCUT2D eigenvalue weighted by Gasteiger charge is 2.33. The summed E-state index contributed by atoms with van der Waals surface area (Å²) in [5, 5.41) is 5.49. The summed E-state index contributed by atoms with van der Waals surface area (Å²) in [7, 11) is 0. The minimum atomic E-state index is 0.402. The van der Waals surface area contributed by atoms with Gasteiger partial charge in [0.25, 0.3) is 0 Å². The third-order valence-electron chi connectivity index (χ3n) is 10.2. The van der Waals surface area contributed by atoms with Gasteiger partial charge >= 0.3 is 0 Å². The number of fused-ring (bicyclic) bond motifs is 11. The molecule has 298 valence electrons. The van der Waals surface area contributed by atoms with Gasteiger partial charge < -0.3 is 0 Å². The van der Waals surface area contributed by atoms with Crippen molar-refractivity contribution in [3.8, 4) is 22.3 Å². The fourth-order valence-electron chi connectivity index (χ4n) is 8.25. The van der Waals surface area contributed by atoms with Crippen LogP contribution in [0.1, 0.15) is 135 Å². The largest absolute Gasteiger partial charge is 0.103 e. The second-order valence-electron chi connectivity index (χ2n) is 15.3. The fourth-order valence-corrected chi connectivity index (χ4v) is 8.25. The Morgan fingerprint density at radius 3 is 1.82 bits per heavy atom. The summed E-state index contributed by atoms with van der Waals surface area (Å²) < 4.78 is 0. The van der Waals surface area contributed by atoms with E-state index < -0.39 is 0 Å². The number of rotatable bonds is 2. The first-order valence-electron chi connectivity index (χ1n) is 22.1. The molecule has 4 aliphatic carbocycles. The predicted molar refractivity (Wildman–Crippen MR) is 259 cm³/mol. The zero-order chi connectivity index (χ0) is 41.3.